The minimum Gasteiger partial charge on any atom is -0.335 e. The molecule has 0 amide bonds. The zero-order valence-electron chi connectivity index (χ0n) is 48.2. The van der Waals surface area contributed by atoms with E-state index in [2.05, 4.69) is 275 Å². The minimum atomic E-state index is -1.89. The summed E-state index contributed by atoms with van der Waals surface area (Å²) in [5.41, 5.74) is 24.8. The van der Waals surface area contributed by atoms with E-state index in [1.54, 1.807) is 10.8 Å². The van der Waals surface area contributed by atoms with Crippen LogP contribution in [0.15, 0.2) is 206 Å². The number of anilines is 7. The molecule has 0 radical (unpaired) electrons. The molecule has 0 spiro atoms. The normalized spacial score (nSPS) is 23.2. The van der Waals surface area contributed by atoms with E-state index < -0.39 is 8.07 Å². The average molecular weight is 1060 g/mol. The van der Waals surface area contributed by atoms with Crippen LogP contribution >= 0.6 is 0 Å². The smallest absolute Gasteiger partial charge is 0.252 e. The molecular weight excluding hydrogens is 982 g/mol. The Kier molecular flexibility index (Phi) is 10.9. The second-order valence-electron chi connectivity index (χ2n) is 27.1. The lowest BCUT2D eigenvalue weighted by Crippen LogP contribution is -2.65. The van der Waals surface area contributed by atoms with E-state index in [-0.39, 0.29) is 34.0 Å². The summed E-state index contributed by atoms with van der Waals surface area (Å²) in [6.45, 7) is 20.2. The van der Waals surface area contributed by atoms with Crippen molar-refractivity contribution < 1.29 is 0 Å². The Labute approximate surface area is 477 Å². The summed E-state index contributed by atoms with van der Waals surface area (Å²) in [6.07, 6.45) is 9.24. The number of rotatable bonds is 7. The van der Waals surface area contributed by atoms with Crippen molar-refractivity contribution in [3.8, 4) is 22.3 Å². The minimum absolute atomic E-state index is 0.00588. The molecule has 0 aromatic heterocycles. The van der Waals surface area contributed by atoms with Crippen molar-refractivity contribution in [1.82, 2.24) is 0 Å². The Bertz CT molecular complexity index is 3940. The van der Waals surface area contributed by atoms with E-state index in [0.717, 1.165) is 25.7 Å². The van der Waals surface area contributed by atoms with Gasteiger partial charge in [-0.05, 0) is 148 Å². The Hall–Kier alpha value is -7.34. The Balaban J connectivity index is 1.09. The summed E-state index contributed by atoms with van der Waals surface area (Å²) in [5, 5.41) is 1.56. The van der Waals surface area contributed by atoms with Gasteiger partial charge in [0.25, 0.3) is 6.71 Å². The van der Waals surface area contributed by atoms with E-state index in [9.17, 15) is 0 Å². The lowest BCUT2D eigenvalue weighted by molar-refractivity contribution is 0.214. The van der Waals surface area contributed by atoms with E-state index >= 15 is 0 Å². The highest BCUT2D eigenvalue weighted by Gasteiger charge is 2.66. The van der Waals surface area contributed by atoms with Crippen LogP contribution in [0.2, 0.25) is 19.6 Å². The topological polar surface area (TPSA) is 9.72 Å². The molecule has 4 atom stereocenters. The fourth-order valence-electron chi connectivity index (χ4n) is 17.1. The standard InChI is InChI=1S/C75H74BN3Si/c1-71(2,3)57-37-39-65-61(46-57)74(55-31-17-11-18-32-55)42-23-21-40-72(74,4)78(65)59-47-67-69-68(48-59)79-70-62(75(56-33-19-12-20-34-56)43-24-22-41-73(75,79)5)49-60(80(6,7)8)50-64(70)76(69)63-38-36-54(52-28-15-10-16-29-52)45-66(63)77(67)58-35-25-30-53(44-58)51-26-13-9-14-27-51/h9-20,25-39,44-50H,21-24,40-43H2,1-8H3. The largest absolute Gasteiger partial charge is 0.335 e. The second kappa shape index (κ2) is 17.6. The number of hydrogen-bond donors (Lipinski definition) is 0. The first-order chi connectivity index (χ1) is 38.7. The van der Waals surface area contributed by atoms with Gasteiger partial charge in [-0.15, -0.1) is 0 Å². The molecule has 4 heterocycles. The van der Waals surface area contributed by atoms with Gasteiger partial charge >= 0.3 is 0 Å². The van der Waals surface area contributed by atoms with Crippen LogP contribution in [0.4, 0.5) is 39.8 Å². The molecule has 396 valence electrons. The van der Waals surface area contributed by atoms with Crippen LogP contribution in [-0.2, 0) is 16.2 Å². The van der Waals surface area contributed by atoms with E-state index in [0.29, 0.717) is 0 Å². The molecule has 6 aliphatic rings. The van der Waals surface area contributed by atoms with Gasteiger partial charge in [0, 0.05) is 50.6 Å². The Morgan fingerprint density at radius 3 is 1.59 bits per heavy atom. The molecule has 9 aromatic rings. The first-order valence-corrected chi connectivity index (χ1v) is 33.5. The molecule has 9 aromatic carbocycles. The summed E-state index contributed by atoms with van der Waals surface area (Å²) in [7, 11) is -1.89. The highest BCUT2D eigenvalue weighted by Crippen LogP contribution is 2.67. The summed E-state index contributed by atoms with van der Waals surface area (Å²) in [5.74, 6) is 0. The monoisotopic (exact) mass is 1060 g/mol. The number of nitrogens with zero attached hydrogens (tertiary/aromatic N) is 3. The third-order valence-corrected chi connectivity index (χ3v) is 22.9. The first kappa shape index (κ1) is 49.7. The summed E-state index contributed by atoms with van der Waals surface area (Å²) in [6, 6.07) is 81.0. The van der Waals surface area contributed by atoms with E-state index in [1.165, 1.54) is 126 Å². The number of benzene rings is 9. The molecule has 3 nitrogen and oxygen atoms in total. The third-order valence-electron chi connectivity index (χ3n) is 20.9. The zero-order chi connectivity index (χ0) is 54.6. The summed E-state index contributed by atoms with van der Waals surface area (Å²) < 4.78 is 0. The lowest BCUT2D eigenvalue weighted by Gasteiger charge is -2.55. The van der Waals surface area contributed by atoms with Crippen molar-refractivity contribution in [2.75, 3.05) is 14.7 Å². The van der Waals surface area contributed by atoms with Gasteiger partial charge < -0.3 is 14.7 Å². The molecule has 5 heteroatoms. The fraction of sp³-hybridized carbons (Fsp3) is 0.280. The molecular formula is C75H74BN3Si. The van der Waals surface area contributed by atoms with Gasteiger partial charge in [0.2, 0.25) is 0 Å². The molecule has 0 saturated heterocycles. The summed E-state index contributed by atoms with van der Waals surface area (Å²) >= 11 is 0. The molecule has 4 aliphatic heterocycles. The lowest BCUT2D eigenvalue weighted by atomic mass is 9.33. The molecule has 2 aliphatic carbocycles. The average Bonchev–Trinajstić information content (AvgIpc) is 3.38. The molecule has 2 fully saturated rings. The highest BCUT2D eigenvalue weighted by atomic mass is 28.3. The Morgan fingerprint density at radius 1 is 0.425 bits per heavy atom. The Morgan fingerprint density at radius 2 is 0.975 bits per heavy atom. The van der Waals surface area contributed by atoms with E-state index in [4.69, 9.17) is 0 Å². The van der Waals surface area contributed by atoms with Crippen molar-refractivity contribution in [3.63, 3.8) is 0 Å². The number of fused-ring (bicyclic) bond motifs is 10. The third kappa shape index (κ3) is 6.79. The van der Waals surface area contributed by atoms with Crippen LogP contribution in [0.5, 0.6) is 0 Å². The zero-order valence-corrected chi connectivity index (χ0v) is 49.2. The van der Waals surface area contributed by atoms with Crippen molar-refractivity contribution in [3.05, 3.63) is 234 Å². The molecule has 4 unspecified atom stereocenters. The SMILES string of the molecule is CC(C)(C)c1ccc2c(c1)C1(c3ccccc3)CCCCC1(C)N2c1cc2c3c(c1)N1c4c(cc([Si](C)(C)C)cc4C4(c5ccccc5)CCCCC14C)B3c1ccc(-c3ccccc3)cc1N2c1cccc(-c2ccccc2)c1. The maximum atomic E-state index is 2.99. The van der Waals surface area contributed by atoms with Crippen LogP contribution in [0, 0.1) is 0 Å². The molecule has 2 saturated carbocycles. The van der Waals surface area contributed by atoms with Crippen molar-refractivity contribution in [1.29, 1.82) is 0 Å². The van der Waals surface area contributed by atoms with Crippen LogP contribution in [0.1, 0.15) is 114 Å². The van der Waals surface area contributed by atoms with Gasteiger partial charge in [-0.3, -0.25) is 0 Å². The van der Waals surface area contributed by atoms with Crippen molar-refractivity contribution in [2.45, 2.75) is 133 Å². The van der Waals surface area contributed by atoms with Crippen LogP contribution in [0.25, 0.3) is 22.3 Å². The molecule has 80 heavy (non-hydrogen) atoms. The van der Waals surface area contributed by atoms with Gasteiger partial charge in [-0.1, -0.05) is 241 Å². The van der Waals surface area contributed by atoms with E-state index in [1.807, 2.05) is 0 Å². The number of hydrogen-bond acceptors (Lipinski definition) is 3. The predicted octanol–water partition coefficient (Wildman–Crippen LogP) is 17.0. The predicted molar refractivity (Wildman–Crippen MR) is 344 cm³/mol. The fourth-order valence-corrected chi connectivity index (χ4v) is 18.3. The van der Waals surface area contributed by atoms with Gasteiger partial charge in [-0.25, -0.2) is 0 Å². The molecule has 15 rings (SSSR count). The van der Waals surface area contributed by atoms with Crippen molar-refractivity contribution in [2.24, 2.45) is 0 Å². The van der Waals surface area contributed by atoms with Crippen LogP contribution in [0.3, 0.4) is 0 Å². The van der Waals surface area contributed by atoms with Gasteiger partial charge in [0.05, 0.1) is 19.2 Å². The maximum Gasteiger partial charge on any atom is 0.252 e. The quantitative estimate of drug-likeness (QED) is 0.147. The first-order valence-electron chi connectivity index (χ1n) is 30.0. The van der Waals surface area contributed by atoms with Gasteiger partial charge in [-0.2, -0.15) is 0 Å². The van der Waals surface area contributed by atoms with Gasteiger partial charge in [0.15, 0.2) is 0 Å². The maximum absolute atomic E-state index is 2.99. The molecule has 0 bridgehead atoms. The summed E-state index contributed by atoms with van der Waals surface area (Å²) in [4.78, 5) is 8.60. The highest BCUT2D eigenvalue weighted by molar-refractivity contribution is 7.01. The van der Waals surface area contributed by atoms with Crippen LogP contribution < -0.4 is 36.3 Å². The van der Waals surface area contributed by atoms with Gasteiger partial charge in [0.1, 0.15) is 0 Å². The van der Waals surface area contributed by atoms with Crippen molar-refractivity contribution >= 4 is 76.2 Å². The molecule has 0 N–H and O–H groups in total. The second-order valence-corrected chi connectivity index (χ2v) is 32.2. The van der Waals surface area contributed by atoms with Crippen LogP contribution in [-0.4, -0.2) is 25.9 Å².